The molecule has 0 heterocycles. The topological polar surface area (TPSA) is 29.3 Å². The summed E-state index contributed by atoms with van der Waals surface area (Å²) in [5, 5.41) is 0. The minimum Gasteiger partial charge on any atom is -0.330 e. The summed E-state index contributed by atoms with van der Waals surface area (Å²) in [6.45, 7) is 11.9. The predicted octanol–water partition coefficient (Wildman–Crippen LogP) is 3.07. The average Bonchev–Trinajstić information content (AvgIpc) is 2.34. The van der Waals surface area contributed by atoms with Gasteiger partial charge in [-0.2, -0.15) is 0 Å². The van der Waals surface area contributed by atoms with E-state index in [2.05, 4.69) is 51.8 Å². The Kier molecular flexibility index (Phi) is 6.53. The zero-order chi connectivity index (χ0) is 14.4. The summed E-state index contributed by atoms with van der Waals surface area (Å²) in [6, 6.07) is 4.58. The van der Waals surface area contributed by atoms with Crippen molar-refractivity contribution >= 4 is 0 Å². The van der Waals surface area contributed by atoms with Gasteiger partial charge in [0.15, 0.2) is 0 Å². The molecule has 0 fully saturated rings. The molecule has 0 bridgehead atoms. The van der Waals surface area contributed by atoms with Gasteiger partial charge in [0.05, 0.1) is 0 Å². The van der Waals surface area contributed by atoms with Crippen LogP contribution < -0.4 is 5.73 Å². The van der Waals surface area contributed by atoms with Crippen molar-refractivity contribution in [2.24, 2.45) is 11.7 Å². The van der Waals surface area contributed by atoms with Crippen LogP contribution in [0.5, 0.6) is 0 Å². The fourth-order valence-corrected chi connectivity index (χ4v) is 2.58. The minimum absolute atomic E-state index is 0.630. The lowest BCUT2D eigenvalue weighted by atomic mass is 9.97. The smallest absolute Gasteiger partial charge is 0.00190 e. The summed E-state index contributed by atoms with van der Waals surface area (Å²) in [7, 11) is 2.21. The van der Waals surface area contributed by atoms with Crippen molar-refractivity contribution in [1.29, 1.82) is 0 Å². The molecule has 0 saturated heterocycles. The summed E-state index contributed by atoms with van der Waals surface area (Å²) in [6.07, 6.45) is 2.34. The molecule has 0 radical (unpaired) electrons. The van der Waals surface area contributed by atoms with Crippen molar-refractivity contribution in [1.82, 2.24) is 4.90 Å². The molecule has 2 N–H and O–H groups in total. The Hall–Kier alpha value is -0.860. The van der Waals surface area contributed by atoms with E-state index in [1.54, 1.807) is 0 Å². The number of nitrogens with zero attached hydrogens (tertiary/aromatic N) is 1. The highest BCUT2D eigenvalue weighted by Gasteiger charge is 2.07. The van der Waals surface area contributed by atoms with Crippen LogP contribution in [0.3, 0.4) is 0 Å². The monoisotopic (exact) mass is 262 g/mol. The number of rotatable bonds is 7. The van der Waals surface area contributed by atoms with Gasteiger partial charge in [-0.3, -0.25) is 0 Å². The highest BCUT2D eigenvalue weighted by molar-refractivity contribution is 5.37. The fraction of sp³-hybridized carbons (Fsp3) is 0.647. The molecule has 1 atom stereocenters. The highest BCUT2D eigenvalue weighted by atomic mass is 15.1. The van der Waals surface area contributed by atoms with Crippen molar-refractivity contribution in [2.45, 2.75) is 40.5 Å². The largest absolute Gasteiger partial charge is 0.330 e. The van der Waals surface area contributed by atoms with E-state index in [1.165, 1.54) is 28.7 Å². The lowest BCUT2D eigenvalue weighted by Crippen LogP contribution is -2.25. The van der Waals surface area contributed by atoms with E-state index in [9.17, 15) is 0 Å². The second-order valence-electron chi connectivity index (χ2n) is 6.06. The molecule has 1 rings (SSSR count). The van der Waals surface area contributed by atoms with Gasteiger partial charge in [-0.05, 0) is 76.4 Å². The van der Waals surface area contributed by atoms with Crippen LogP contribution in [-0.2, 0) is 6.42 Å². The average molecular weight is 262 g/mol. The Bertz CT molecular complexity index is 375. The lowest BCUT2D eigenvalue weighted by Gasteiger charge is -2.20. The second kappa shape index (κ2) is 7.66. The Morgan fingerprint density at radius 3 is 2.21 bits per heavy atom. The number of hydrogen-bond acceptors (Lipinski definition) is 2. The van der Waals surface area contributed by atoms with Crippen LogP contribution in [-0.4, -0.2) is 31.6 Å². The van der Waals surface area contributed by atoms with Crippen LogP contribution >= 0.6 is 0 Å². The summed E-state index contributed by atoms with van der Waals surface area (Å²) in [5.41, 5.74) is 11.4. The SMILES string of the molecule is Cc1cc(C)c(CCN(C)CCC(C)CN)c(C)c1. The van der Waals surface area contributed by atoms with E-state index in [0.29, 0.717) is 5.92 Å². The zero-order valence-electron chi connectivity index (χ0n) is 13.3. The van der Waals surface area contributed by atoms with Crippen LogP contribution in [0.4, 0.5) is 0 Å². The van der Waals surface area contributed by atoms with E-state index in [1.807, 2.05) is 0 Å². The number of aryl methyl sites for hydroxylation is 3. The molecule has 1 aromatic carbocycles. The Balaban J connectivity index is 2.48. The molecule has 19 heavy (non-hydrogen) atoms. The molecule has 0 saturated carbocycles. The molecule has 0 spiro atoms. The third-order valence-corrected chi connectivity index (χ3v) is 3.99. The third-order valence-electron chi connectivity index (χ3n) is 3.99. The van der Waals surface area contributed by atoms with Gasteiger partial charge < -0.3 is 10.6 Å². The van der Waals surface area contributed by atoms with Gasteiger partial charge in [-0.1, -0.05) is 24.6 Å². The highest BCUT2D eigenvalue weighted by Crippen LogP contribution is 2.17. The molecule has 2 heteroatoms. The third kappa shape index (κ3) is 5.33. The van der Waals surface area contributed by atoms with E-state index in [-0.39, 0.29) is 0 Å². The van der Waals surface area contributed by atoms with Crippen molar-refractivity contribution in [3.8, 4) is 0 Å². The van der Waals surface area contributed by atoms with Crippen molar-refractivity contribution in [3.63, 3.8) is 0 Å². The first-order valence-electron chi connectivity index (χ1n) is 7.39. The van der Waals surface area contributed by atoms with Crippen LogP contribution in [0.25, 0.3) is 0 Å². The maximum absolute atomic E-state index is 5.66. The van der Waals surface area contributed by atoms with E-state index < -0.39 is 0 Å². The minimum atomic E-state index is 0.630. The molecule has 1 aromatic rings. The molecular weight excluding hydrogens is 232 g/mol. The van der Waals surface area contributed by atoms with Gasteiger partial charge in [0.25, 0.3) is 0 Å². The molecule has 0 aliphatic carbocycles. The van der Waals surface area contributed by atoms with Crippen LogP contribution in [0.15, 0.2) is 12.1 Å². The van der Waals surface area contributed by atoms with Crippen LogP contribution in [0.1, 0.15) is 35.6 Å². The first-order chi connectivity index (χ1) is 8.93. The molecule has 0 aliphatic heterocycles. The standard InChI is InChI=1S/C17H30N2/c1-13(12-18)6-8-19(5)9-7-17-15(3)10-14(2)11-16(17)4/h10-11,13H,6-9,12,18H2,1-5H3. The van der Waals surface area contributed by atoms with Crippen molar-refractivity contribution < 1.29 is 0 Å². The lowest BCUT2D eigenvalue weighted by molar-refractivity contribution is 0.310. The Labute approximate surface area is 119 Å². The van der Waals surface area contributed by atoms with E-state index >= 15 is 0 Å². The first-order valence-corrected chi connectivity index (χ1v) is 7.39. The fourth-order valence-electron chi connectivity index (χ4n) is 2.58. The van der Waals surface area contributed by atoms with Gasteiger partial charge in [0.2, 0.25) is 0 Å². The van der Waals surface area contributed by atoms with Gasteiger partial charge in [0, 0.05) is 6.54 Å². The zero-order valence-corrected chi connectivity index (χ0v) is 13.3. The molecular formula is C17H30N2. The van der Waals surface area contributed by atoms with Crippen LogP contribution in [0, 0.1) is 26.7 Å². The Morgan fingerprint density at radius 2 is 1.68 bits per heavy atom. The maximum atomic E-state index is 5.66. The number of nitrogens with two attached hydrogens (primary N) is 1. The van der Waals surface area contributed by atoms with E-state index in [4.69, 9.17) is 5.73 Å². The first kappa shape index (κ1) is 16.2. The number of likely N-dealkylation sites (N-methyl/N-ethyl adjacent to an activating group) is 1. The molecule has 0 amide bonds. The normalized spacial score (nSPS) is 13.0. The summed E-state index contributed by atoms with van der Waals surface area (Å²) in [5.74, 6) is 0.630. The van der Waals surface area contributed by atoms with Gasteiger partial charge in [-0.25, -0.2) is 0 Å². The maximum Gasteiger partial charge on any atom is 0.00190 e. The summed E-state index contributed by atoms with van der Waals surface area (Å²) < 4.78 is 0. The molecule has 2 nitrogen and oxygen atoms in total. The van der Waals surface area contributed by atoms with E-state index in [0.717, 1.165) is 26.1 Å². The molecule has 0 aliphatic rings. The van der Waals surface area contributed by atoms with Crippen LogP contribution in [0.2, 0.25) is 0 Å². The quantitative estimate of drug-likeness (QED) is 0.818. The van der Waals surface area contributed by atoms with Gasteiger partial charge >= 0.3 is 0 Å². The molecule has 108 valence electrons. The summed E-state index contributed by atoms with van der Waals surface area (Å²) in [4.78, 5) is 2.42. The van der Waals surface area contributed by atoms with Gasteiger partial charge in [-0.15, -0.1) is 0 Å². The van der Waals surface area contributed by atoms with Gasteiger partial charge in [0.1, 0.15) is 0 Å². The second-order valence-corrected chi connectivity index (χ2v) is 6.06. The Morgan fingerprint density at radius 1 is 1.11 bits per heavy atom. The number of benzene rings is 1. The number of hydrogen-bond donors (Lipinski definition) is 1. The van der Waals surface area contributed by atoms with Crippen molar-refractivity contribution in [3.05, 3.63) is 34.4 Å². The molecule has 1 unspecified atom stereocenters. The predicted molar refractivity (Wildman–Crippen MR) is 84.7 cm³/mol. The summed E-state index contributed by atoms with van der Waals surface area (Å²) >= 11 is 0. The van der Waals surface area contributed by atoms with Crippen molar-refractivity contribution in [2.75, 3.05) is 26.7 Å². The molecule has 0 aromatic heterocycles.